The SMILES string of the molecule is CCNC(=NCC1(OC)CCOCC1)NCC(c1ccccc1)c1ccccc1. The van der Waals surface area contributed by atoms with Crippen molar-refractivity contribution in [2.45, 2.75) is 31.3 Å². The molecular weight excluding hydrogens is 362 g/mol. The van der Waals surface area contributed by atoms with Gasteiger partial charge in [-0.1, -0.05) is 60.7 Å². The van der Waals surface area contributed by atoms with Crippen molar-refractivity contribution in [3.63, 3.8) is 0 Å². The molecule has 0 aliphatic carbocycles. The van der Waals surface area contributed by atoms with E-state index in [9.17, 15) is 0 Å². The Labute approximate surface area is 174 Å². The van der Waals surface area contributed by atoms with Crippen LogP contribution < -0.4 is 10.6 Å². The fourth-order valence-electron chi connectivity index (χ4n) is 3.73. The van der Waals surface area contributed by atoms with E-state index < -0.39 is 0 Å². The molecule has 0 aromatic heterocycles. The Bertz CT molecular complexity index is 704. The number of guanidine groups is 1. The van der Waals surface area contributed by atoms with Crippen molar-refractivity contribution in [2.75, 3.05) is 40.0 Å². The number of methoxy groups -OCH3 is 1. The molecule has 1 heterocycles. The largest absolute Gasteiger partial charge is 0.381 e. The molecule has 0 amide bonds. The molecule has 2 aromatic rings. The Morgan fingerprint density at radius 3 is 2.10 bits per heavy atom. The zero-order valence-electron chi connectivity index (χ0n) is 17.6. The molecule has 1 fully saturated rings. The van der Waals surface area contributed by atoms with Gasteiger partial charge in [0, 0.05) is 52.2 Å². The van der Waals surface area contributed by atoms with Crippen LogP contribution in [0.5, 0.6) is 0 Å². The smallest absolute Gasteiger partial charge is 0.191 e. The summed E-state index contributed by atoms with van der Waals surface area (Å²) in [6.45, 7) is 5.77. The minimum Gasteiger partial charge on any atom is -0.381 e. The van der Waals surface area contributed by atoms with Crippen molar-refractivity contribution in [3.8, 4) is 0 Å². The van der Waals surface area contributed by atoms with Crippen molar-refractivity contribution in [3.05, 3.63) is 71.8 Å². The zero-order valence-corrected chi connectivity index (χ0v) is 17.6. The van der Waals surface area contributed by atoms with Gasteiger partial charge in [0.2, 0.25) is 0 Å². The maximum atomic E-state index is 5.83. The second-order valence-corrected chi connectivity index (χ2v) is 7.45. The summed E-state index contributed by atoms with van der Waals surface area (Å²) >= 11 is 0. The van der Waals surface area contributed by atoms with Gasteiger partial charge >= 0.3 is 0 Å². The molecule has 5 heteroatoms. The lowest BCUT2D eigenvalue weighted by atomic mass is 9.91. The third kappa shape index (κ3) is 6.05. The molecule has 1 aliphatic rings. The van der Waals surface area contributed by atoms with Crippen molar-refractivity contribution >= 4 is 5.96 Å². The van der Waals surface area contributed by atoms with Gasteiger partial charge in [0.1, 0.15) is 0 Å². The van der Waals surface area contributed by atoms with E-state index in [-0.39, 0.29) is 11.5 Å². The molecule has 3 rings (SSSR count). The molecule has 5 nitrogen and oxygen atoms in total. The summed E-state index contributed by atoms with van der Waals surface area (Å²) in [6.07, 6.45) is 1.76. The molecule has 29 heavy (non-hydrogen) atoms. The van der Waals surface area contributed by atoms with Gasteiger partial charge in [0.05, 0.1) is 12.1 Å². The Balaban J connectivity index is 1.72. The lowest BCUT2D eigenvalue weighted by Crippen LogP contribution is -2.44. The molecule has 2 aromatic carbocycles. The highest BCUT2D eigenvalue weighted by Gasteiger charge is 2.32. The quantitative estimate of drug-likeness (QED) is 0.530. The van der Waals surface area contributed by atoms with Crippen molar-refractivity contribution in [1.82, 2.24) is 10.6 Å². The van der Waals surface area contributed by atoms with Gasteiger partial charge in [0.25, 0.3) is 0 Å². The van der Waals surface area contributed by atoms with Crippen LogP contribution in [0.3, 0.4) is 0 Å². The lowest BCUT2D eigenvalue weighted by Gasteiger charge is -2.34. The summed E-state index contributed by atoms with van der Waals surface area (Å²) in [5.41, 5.74) is 2.36. The first-order chi connectivity index (χ1) is 14.3. The average Bonchev–Trinajstić information content (AvgIpc) is 2.79. The van der Waals surface area contributed by atoms with E-state index in [0.29, 0.717) is 6.54 Å². The molecule has 156 valence electrons. The van der Waals surface area contributed by atoms with Crippen LogP contribution in [0.1, 0.15) is 36.8 Å². The van der Waals surface area contributed by atoms with E-state index in [0.717, 1.165) is 45.1 Å². The summed E-state index contributed by atoms with van der Waals surface area (Å²) in [4.78, 5) is 4.85. The molecule has 0 unspecified atom stereocenters. The maximum absolute atomic E-state index is 5.83. The van der Waals surface area contributed by atoms with Gasteiger partial charge in [-0.15, -0.1) is 0 Å². The normalized spacial score (nSPS) is 16.6. The molecule has 0 bridgehead atoms. The van der Waals surface area contributed by atoms with Crippen LogP contribution in [0.25, 0.3) is 0 Å². The van der Waals surface area contributed by atoms with E-state index >= 15 is 0 Å². The highest BCUT2D eigenvalue weighted by Crippen LogP contribution is 2.25. The number of benzene rings is 2. The fourth-order valence-corrected chi connectivity index (χ4v) is 3.73. The molecule has 2 N–H and O–H groups in total. The second-order valence-electron chi connectivity index (χ2n) is 7.45. The van der Waals surface area contributed by atoms with Crippen molar-refractivity contribution < 1.29 is 9.47 Å². The zero-order chi connectivity index (χ0) is 20.4. The molecule has 0 radical (unpaired) electrons. The van der Waals surface area contributed by atoms with Crippen LogP contribution >= 0.6 is 0 Å². The Kier molecular flexibility index (Phi) is 8.08. The molecular formula is C24H33N3O2. The summed E-state index contributed by atoms with van der Waals surface area (Å²) in [6, 6.07) is 21.2. The Hall–Kier alpha value is -2.37. The first-order valence-electron chi connectivity index (χ1n) is 10.5. The number of ether oxygens (including phenoxy) is 2. The topological polar surface area (TPSA) is 54.9 Å². The van der Waals surface area contributed by atoms with E-state index in [1.165, 1.54) is 11.1 Å². The van der Waals surface area contributed by atoms with Gasteiger partial charge in [0.15, 0.2) is 5.96 Å². The molecule has 1 aliphatic heterocycles. The van der Waals surface area contributed by atoms with Crippen LogP contribution in [0, 0.1) is 0 Å². The first-order valence-corrected chi connectivity index (χ1v) is 10.5. The minimum absolute atomic E-state index is 0.223. The maximum Gasteiger partial charge on any atom is 0.191 e. The van der Waals surface area contributed by atoms with Crippen LogP contribution in [0.15, 0.2) is 65.7 Å². The minimum atomic E-state index is -0.223. The molecule has 0 atom stereocenters. The van der Waals surface area contributed by atoms with E-state index in [1.807, 2.05) is 0 Å². The van der Waals surface area contributed by atoms with Gasteiger partial charge in [-0.25, -0.2) is 0 Å². The Morgan fingerprint density at radius 1 is 1.00 bits per heavy atom. The highest BCUT2D eigenvalue weighted by molar-refractivity contribution is 5.80. The molecule has 0 saturated carbocycles. The van der Waals surface area contributed by atoms with Crippen molar-refractivity contribution in [2.24, 2.45) is 4.99 Å². The predicted octanol–water partition coefficient (Wildman–Crippen LogP) is 3.57. The Morgan fingerprint density at radius 2 is 1.59 bits per heavy atom. The second kappa shape index (κ2) is 11.0. The summed E-state index contributed by atoms with van der Waals surface area (Å²) in [5.74, 6) is 1.08. The number of hydrogen-bond donors (Lipinski definition) is 2. The summed E-state index contributed by atoms with van der Waals surface area (Å²) < 4.78 is 11.3. The lowest BCUT2D eigenvalue weighted by molar-refractivity contribution is -0.0828. The third-order valence-electron chi connectivity index (χ3n) is 5.58. The molecule has 0 spiro atoms. The van der Waals surface area contributed by atoms with Crippen LogP contribution in [0.4, 0.5) is 0 Å². The average molecular weight is 396 g/mol. The summed E-state index contributed by atoms with van der Waals surface area (Å²) in [5, 5.41) is 6.92. The number of aliphatic imine (C=N–C) groups is 1. The summed E-state index contributed by atoms with van der Waals surface area (Å²) in [7, 11) is 1.78. The molecule has 1 saturated heterocycles. The van der Waals surface area contributed by atoms with E-state index in [2.05, 4.69) is 78.2 Å². The van der Waals surface area contributed by atoms with E-state index in [1.54, 1.807) is 7.11 Å². The predicted molar refractivity (Wildman–Crippen MR) is 119 cm³/mol. The monoisotopic (exact) mass is 395 g/mol. The third-order valence-corrected chi connectivity index (χ3v) is 5.58. The first kappa shape index (κ1) is 21.3. The van der Waals surface area contributed by atoms with Crippen LogP contribution in [-0.2, 0) is 9.47 Å². The van der Waals surface area contributed by atoms with Gasteiger partial charge < -0.3 is 20.1 Å². The van der Waals surface area contributed by atoms with E-state index in [4.69, 9.17) is 14.5 Å². The number of nitrogens with one attached hydrogen (secondary N) is 2. The number of hydrogen-bond acceptors (Lipinski definition) is 3. The van der Waals surface area contributed by atoms with Gasteiger partial charge in [-0.2, -0.15) is 0 Å². The standard InChI is InChI=1S/C24H33N3O2/c1-3-25-23(27-19-24(28-2)14-16-29-17-15-24)26-18-22(20-10-6-4-7-11-20)21-12-8-5-9-13-21/h4-13,22H,3,14-19H2,1-2H3,(H2,25,26,27). The van der Waals surface area contributed by atoms with Gasteiger partial charge in [-0.3, -0.25) is 4.99 Å². The van der Waals surface area contributed by atoms with Crippen LogP contribution in [0.2, 0.25) is 0 Å². The van der Waals surface area contributed by atoms with Gasteiger partial charge in [-0.05, 0) is 18.1 Å². The number of rotatable bonds is 8. The van der Waals surface area contributed by atoms with Crippen LogP contribution in [-0.4, -0.2) is 51.5 Å². The fraction of sp³-hybridized carbons (Fsp3) is 0.458. The highest BCUT2D eigenvalue weighted by atomic mass is 16.5. The number of nitrogens with zero attached hydrogens (tertiary/aromatic N) is 1. The van der Waals surface area contributed by atoms with Crippen molar-refractivity contribution in [1.29, 1.82) is 0 Å².